The lowest BCUT2D eigenvalue weighted by atomic mass is 10.1. The van der Waals surface area contributed by atoms with Gasteiger partial charge in [0.1, 0.15) is 12.6 Å². The van der Waals surface area contributed by atoms with Crippen molar-refractivity contribution in [1.29, 1.82) is 0 Å². The molecule has 0 aliphatic carbocycles. The number of halogens is 3. The first kappa shape index (κ1) is 30.9. The van der Waals surface area contributed by atoms with Gasteiger partial charge in [0, 0.05) is 27.1 Å². The maximum atomic E-state index is 13.9. The molecule has 0 radical (unpaired) electrons. The van der Waals surface area contributed by atoms with E-state index in [9.17, 15) is 18.0 Å². The molecule has 2 amide bonds. The van der Waals surface area contributed by atoms with E-state index in [1.165, 1.54) is 35.2 Å². The predicted molar refractivity (Wildman–Crippen MR) is 159 cm³/mol. The highest BCUT2D eigenvalue weighted by molar-refractivity contribution is 9.10. The number of carbonyl (C=O) groups is 2. The van der Waals surface area contributed by atoms with Crippen molar-refractivity contribution in [1.82, 2.24) is 10.2 Å². The Morgan fingerprint density at radius 3 is 2.10 bits per heavy atom. The number of nitrogens with zero attached hydrogens (tertiary/aromatic N) is 2. The van der Waals surface area contributed by atoms with Crippen LogP contribution in [0.15, 0.2) is 82.2 Å². The lowest BCUT2D eigenvalue weighted by Crippen LogP contribution is -2.52. The molecule has 0 fully saturated rings. The van der Waals surface area contributed by atoms with Crippen molar-refractivity contribution in [2.75, 3.05) is 10.8 Å². The summed E-state index contributed by atoms with van der Waals surface area (Å²) in [5, 5.41) is 3.34. The Hall–Kier alpha value is -2.59. The highest BCUT2D eigenvalue weighted by Gasteiger charge is 2.33. The smallest absolute Gasteiger partial charge is 0.264 e. The quantitative estimate of drug-likeness (QED) is 0.264. The van der Waals surface area contributed by atoms with Crippen molar-refractivity contribution in [3.8, 4) is 0 Å². The Morgan fingerprint density at radius 2 is 1.54 bits per heavy atom. The summed E-state index contributed by atoms with van der Waals surface area (Å²) in [6.07, 6.45) is 0.720. The van der Waals surface area contributed by atoms with E-state index < -0.39 is 28.5 Å². The van der Waals surface area contributed by atoms with E-state index in [1.807, 2.05) is 38.1 Å². The molecule has 1 N–H and O–H groups in total. The molecule has 3 aromatic rings. The van der Waals surface area contributed by atoms with Crippen LogP contribution >= 0.6 is 39.1 Å². The number of anilines is 1. The van der Waals surface area contributed by atoms with Crippen molar-refractivity contribution < 1.29 is 18.0 Å². The van der Waals surface area contributed by atoms with E-state index in [-0.39, 0.29) is 39.1 Å². The first-order valence-electron chi connectivity index (χ1n) is 12.3. The molecule has 0 bridgehead atoms. The highest BCUT2D eigenvalue weighted by atomic mass is 79.9. The highest BCUT2D eigenvalue weighted by Crippen LogP contribution is 2.30. The largest absolute Gasteiger partial charge is 0.352 e. The third-order valence-corrected chi connectivity index (χ3v) is 8.93. The number of hydrogen-bond donors (Lipinski definition) is 1. The molecular weight excluding hydrogens is 625 g/mol. The van der Waals surface area contributed by atoms with Gasteiger partial charge in [-0.25, -0.2) is 8.42 Å². The van der Waals surface area contributed by atoms with Gasteiger partial charge in [0.25, 0.3) is 10.0 Å². The van der Waals surface area contributed by atoms with Gasteiger partial charge >= 0.3 is 0 Å². The minimum absolute atomic E-state index is 0.00378. The molecule has 7 nitrogen and oxygen atoms in total. The average molecular weight is 655 g/mol. The third kappa shape index (κ3) is 8.20. The summed E-state index contributed by atoms with van der Waals surface area (Å²) in [5.41, 5.74) is 0.906. The van der Waals surface area contributed by atoms with Gasteiger partial charge in [-0.2, -0.15) is 0 Å². The molecule has 0 saturated carbocycles. The summed E-state index contributed by atoms with van der Waals surface area (Å²) in [5.74, 6) is -0.904. The number of benzene rings is 3. The number of hydrogen-bond acceptors (Lipinski definition) is 4. The predicted octanol–water partition coefficient (Wildman–Crippen LogP) is 6.28. The Labute approximate surface area is 248 Å². The number of amides is 2. The zero-order valence-corrected chi connectivity index (χ0v) is 25.7. The van der Waals surface area contributed by atoms with Crippen LogP contribution in [0.2, 0.25) is 10.0 Å². The molecule has 0 heterocycles. The molecule has 11 heteroatoms. The van der Waals surface area contributed by atoms with Gasteiger partial charge < -0.3 is 10.2 Å². The van der Waals surface area contributed by atoms with E-state index in [4.69, 9.17) is 23.2 Å². The van der Waals surface area contributed by atoms with Gasteiger partial charge in [0.05, 0.1) is 10.6 Å². The summed E-state index contributed by atoms with van der Waals surface area (Å²) >= 11 is 15.8. The molecule has 3 rings (SSSR count). The van der Waals surface area contributed by atoms with Crippen LogP contribution in [-0.4, -0.2) is 43.8 Å². The van der Waals surface area contributed by atoms with Gasteiger partial charge in [-0.1, -0.05) is 76.4 Å². The van der Waals surface area contributed by atoms with E-state index in [0.717, 1.165) is 20.8 Å². The Kier molecular flexibility index (Phi) is 10.8. The number of sulfonamides is 1. The van der Waals surface area contributed by atoms with Crippen LogP contribution < -0.4 is 9.62 Å². The molecule has 0 aliphatic rings. The number of rotatable bonds is 11. The van der Waals surface area contributed by atoms with Crippen molar-refractivity contribution in [3.63, 3.8) is 0 Å². The number of nitrogens with one attached hydrogen (secondary N) is 1. The van der Waals surface area contributed by atoms with Crippen LogP contribution in [0.4, 0.5) is 5.69 Å². The Morgan fingerprint density at radius 1 is 0.949 bits per heavy atom. The van der Waals surface area contributed by atoms with Crippen LogP contribution in [0.1, 0.15) is 32.8 Å². The first-order valence-corrected chi connectivity index (χ1v) is 15.3. The fourth-order valence-electron chi connectivity index (χ4n) is 3.77. The van der Waals surface area contributed by atoms with Gasteiger partial charge in [0.15, 0.2) is 0 Å². The standard InChI is InChI=1S/C28H30BrCl2N3O4S/c1-4-19(2)32-28(36)20(3)33(17-21-10-12-22(29)13-11-21)27(35)18-34(25-15-23(30)14-24(31)16-25)39(37,38)26-8-6-5-7-9-26/h5-16,19-20H,4,17-18H2,1-3H3,(H,32,36)/t19-,20-/m0/s1. The lowest BCUT2D eigenvalue weighted by molar-refractivity contribution is -0.139. The molecule has 0 spiro atoms. The molecule has 39 heavy (non-hydrogen) atoms. The van der Waals surface area contributed by atoms with Crippen LogP contribution in [0.25, 0.3) is 0 Å². The van der Waals surface area contributed by atoms with Crippen molar-refractivity contribution in [3.05, 3.63) is 92.9 Å². The second-order valence-corrected chi connectivity index (χ2v) is 12.7. The molecule has 0 unspecified atom stereocenters. The van der Waals surface area contributed by atoms with E-state index in [2.05, 4.69) is 21.2 Å². The molecule has 2 atom stereocenters. The number of carbonyl (C=O) groups excluding carboxylic acids is 2. The minimum atomic E-state index is -4.20. The maximum Gasteiger partial charge on any atom is 0.264 e. The average Bonchev–Trinajstić information content (AvgIpc) is 2.90. The molecule has 0 saturated heterocycles. The van der Waals surface area contributed by atoms with Gasteiger partial charge in [-0.15, -0.1) is 0 Å². The molecule has 0 aromatic heterocycles. The summed E-state index contributed by atoms with van der Waals surface area (Å²) < 4.78 is 29.4. The van der Waals surface area contributed by atoms with Crippen molar-refractivity contribution in [2.24, 2.45) is 0 Å². The first-order chi connectivity index (χ1) is 18.4. The van der Waals surface area contributed by atoms with Gasteiger partial charge in [-0.05, 0) is 68.3 Å². The normalized spacial score (nSPS) is 12.9. The van der Waals surface area contributed by atoms with Gasteiger partial charge in [0.2, 0.25) is 11.8 Å². The van der Waals surface area contributed by atoms with Crippen LogP contribution in [-0.2, 0) is 26.2 Å². The fourth-order valence-corrected chi connectivity index (χ4v) is 5.96. The summed E-state index contributed by atoms with van der Waals surface area (Å²) in [4.78, 5) is 28.4. The molecular formula is C28H30BrCl2N3O4S. The summed E-state index contributed by atoms with van der Waals surface area (Å²) in [6, 6.07) is 18.5. The minimum Gasteiger partial charge on any atom is -0.352 e. The third-order valence-electron chi connectivity index (χ3n) is 6.18. The topological polar surface area (TPSA) is 86.8 Å². The molecule has 3 aromatic carbocycles. The second-order valence-electron chi connectivity index (χ2n) is 9.09. The zero-order valence-electron chi connectivity index (χ0n) is 21.8. The van der Waals surface area contributed by atoms with E-state index >= 15 is 0 Å². The maximum absolute atomic E-state index is 13.9. The van der Waals surface area contributed by atoms with Crippen LogP contribution in [0.3, 0.4) is 0 Å². The van der Waals surface area contributed by atoms with E-state index in [0.29, 0.717) is 0 Å². The lowest BCUT2D eigenvalue weighted by Gasteiger charge is -2.32. The van der Waals surface area contributed by atoms with Crippen molar-refractivity contribution >= 4 is 66.7 Å². The molecule has 0 aliphatic heterocycles. The summed E-state index contributed by atoms with van der Waals surface area (Å²) in [6.45, 7) is 4.97. The fraction of sp³-hybridized carbons (Fsp3) is 0.286. The van der Waals surface area contributed by atoms with Crippen LogP contribution in [0, 0.1) is 0 Å². The SMILES string of the molecule is CC[C@H](C)NC(=O)[C@H](C)N(Cc1ccc(Br)cc1)C(=O)CN(c1cc(Cl)cc(Cl)c1)S(=O)(=O)c1ccccc1. The second kappa shape index (κ2) is 13.7. The zero-order chi connectivity index (χ0) is 28.7. The molecule has 208 valence electrons. The van der Waals surface area contributed by atoms with E-state index in [1.54, 1.807) is 25.1 Å². The summed E-state index contributed by atoms with van der Waals surface area (Å²) in [7, 11) is -4.20. The Bertz CT molecular complexity index is 1390. The van der Waals surface area contributed by atoms with Crippen LogP contribution in [0.5, 0.6) is 0 Å². The van der Waals surface area contributed by atoms with Crippen molar-refractivity contribution in [2.45, 2.75) is 50.7 Å². The van der Waals surface area contributed by atoms with Gasteiger partial charge in [-0.3, -0.25) is 13.9 Å². The Balaban J connectivity index is 2.04. The monoisotopic (exact) mass is 653 g/mol.